The van der Waals surface area contributed by atoms with Crippen LogP contribution < -0.4 is 16.0 Å². The number of carbonyl (C=O) groups excluding carboxylic acids is 3. The van der Waals surface area contributed by atoms with Crippen molar-refractivity contribution in [3.63, 3.8) is 0 Å². The Labute approximate surface area is 307 Å². The second kappa shape index (κ2) is 13.6. The average molecular weight is 729 g/mol. The van der Waals surface area contributed by atoms with Gasteiger partial charge in [0, 0.05) is 52.6 Å². The molecule has 0 radical (unpaired) electrons. The Hall–Kier alpha value is -6.32. The molecule has 4 fully saturated rings. The molecule has 4 aliphatic carbocycles. The summed E-state index contributed by atoms with van der Waals surface area (Å²) in [4.78, 5) is 45.2. The van der Waals surface area contributed by atoms with Gasteiger partial charge in [0.15, 0.2) is 11.6 Å². The first-order chi connectivity index (χ1) is 26.3. The van der Waals surface area contributed by atoms with Crippen LogP contribution in [0.3, 0.4) is 0 Å². The van der Waals surface area contributed by atoms with E-state index < -0.39 is 23.5 Å². The van der Waals surface area contributed by atoms with Crippen molar-refractivity contribution in [1.82, 2.24) is 56.9 Å². The molecule has 10 rings (SSSR count). The van der Waals surface area contributed by atoms with E-state index in [2.05, 4.69) is 62.2 Å². The van der Waals surface area contributed by atoms with Crippen molar-refractivity contribution in [1.29, 1.82) is 0 Å². The molecule has 16 heteroatoms. The van der Waals surface area contributed by atoms with Gasteiger partial charge in [0.1, 0.15) is 5.82 Å². The molecule has 3 aromatic carbocycles. The first kappa shape index (κ1) is 33.5. The van der Waals surface area contributed by atoms with Crippen LogP contribution in [-0.4, -0.2) is 77.0 Å². The van der Waals surface area contributed by atoms with Gasteiger partial charge >= 0.3 is 0 Å². The molecular formula is C38H37FN12O3. The van der Waals surface area contributed by atoms with Gasteiger partial charge in [-0.3, -0.25) is 14.4 Å². The van der Waals surface area contributed by atoms with Gasteiger partial charge in [0.25, 0.3) is 11.8 Å². The third kappa shape index (κ3) is 6.47. The lowest BCUT2D eigenvalue weighted by atomic mass is 9.49. The number of carbonyl (C=O) groups is 3. The summed E-state index contributed by atoms with van der Waals surface area (Å²) in [6, 6.07) is 16.1. The third-order valence-electron chi connectivity index (χ3n) is 11.5. The van der Waals surface area contributed by atoms with Crippen molar-refractivity contribution in [2.75, 3.05) is 18.4 Å². The molecule has 6 aromatic rings. The number of H-pyrrole nitrogens is 3. The van der Waals surface area contributed by atoms with Crippen LogP contribution >= 0.6 is 0 Å². The summed E-state index contributed by atoms with van der Waals surface area (Å²) in [5.41, 5.74) is 2.64. The number of tetrazole rings is 2. The highest BCUT2D eigenvalue weighted by Gasteiger charge is 2.50. The number of rotatable bonds is 11. The molecule has 3 aromatic heterocycles. The number of aromatic nitrogens is 9. The summed E-state index contributed by atoms with van der Waals surface area (Å²) in [5, 5.41) is 37.6. The van der Waals surface area contributed by atoms with Gasteiger partial charge in [0.2, 0.25) is 5.91 Å². The normalized spacial score (nSPS) is 21.9. The van der Waals surface area contributed by atoms with Gasteiger partial charge in [-0.1, -0.05) is 18.2 Å². The number of nitrogens with zero attached hydrogens (tertiary/aromatic N) is 6. The van der Waals surface area contributed by atoms with Crippen LogP contribution in [0.5, 0.6) is 0 Å². The fourth-order valence-electron chi connectivity index (χ4n) is 9.50. The Morgan fingerprint density at radius 1 is 0.796 bits per heavy atom. The quantitative estimate of drug-likeness (QED) is 0.108. The highest BCUT2D eigenvalue weighted by molar-refractivity contribution is 6.10. The van der Waals surface area contributed by atoms with Gasteiger partial charge < -0.3 is 20.9 Å². The van der Waals surface area contributed by atoms with Crippen molar-refractivity contribution >= 4 is 34.3 Å². The molecule has 3 amide bonds. The second-order valence-corrected chi connectivity index (χ2v) is 15.1. The maximum Gasteiger partial charge on any atom is 0.252 e. The Morgan fingerprint density at radius 2 is 1.43 bits per heavy atom. The minimum absolute atomic E-state index is 0.0823. The van der Waals surface area contributed by atoms with Crippen molar-refractivity contribution in [2.45, 2.75) is 44.4 Å². The molecule has 0 aliphatic heterocycles. The topological polar surface area (TPSA) is 212 Å². The van der Waals surface area contributed by atoms with E-state index in [0.29, 0.717) is 40.5 Å². The highest BCUT2D eigenvalue weighted by atomic mass is 19.1. The summed E-state index contributed by atoms with van der Waals surface area (Å²) in [6.07, 6.45) is 9.10. The van der Waals surface area contributed by atoms with Gasteiger partial charge in [-0.2, -0.15) is 0 Å². The Bertz CT molecular complexity index is 2270. The summed E-state index contributed by atoms with van der Waals surface area (Å²) in [6.45, 7) is 0.313. The van der Waals surface area contributed by atoms with E-state index in [4.69, 9.17) is 0 Å². The second-order valence-electron chi connectivity index (χ2n) is 15.1. The van der Waals surface area contributed by atoms with Gasteiger partial charge in [-0.05, 0) is 125 Å². The molecular weight excluding hydrogens is 691 g/mol. The Morgan fingerprint density at radius 3 is 2.06 bits per heavy atom. The molecule has 1 atom stereocenters. The monoisotopic (exact) mass is 728 g/mol. The smallest absolute Gasteiger partial charge is 0.252 e. The number of hydrogen-bond acceptors (Lipinski definition) is 9. The lowest BCUT2D eigenvalue weighted by Crippen LogP contribution is -2.51. The Kier molecular flexibility index (Phi) is 8.43. The largest absolute Gasteiger partial charge is 0.361 e. The number of halogens is 1. The SMILES string of the molecule is O=C(NCC(C(=O)Nc1cc(-c2nnn[nH]2)cc(-c2nnn[nH]2)c1)c1ccccc1F)c1cc2[nH]ccc2cc1C(=O)NCC12CC3CC(CC(C3)C1)C2. The summed E-state index contributed by atoms with van der Waals surface area (Å²) < 4.78 is 15.3. The van der Waals surface area contributed by atoms with Crippen molar-refractivity contribution in [3.8, 4) is 22.8 Å². The van der Waals surface area contributed by atoms with Crippen molar-refractivity contribution < 1.29 is 18.8 Å². The predicted octanol–water partition coefficient (Wildman–Crippen LogP) is 4.77. The molecule has 4 saturated carbocycles. The van der Waals surface area contributed by atoms with Crippen LogP contribution in [-0.2, 0) is 4.79 Å². The van der Waals surface area contributed by atoms with E-state index >= 15 is 4.39 Å². The Balaban J connectivity index is 0.969. The molecule has 54 heavy (non-hydrogen) atoms. The fourth-order valence-corrected chi connectivity index (χ4v) is 9.50. The number of hydrogen-bond donors (Lipinski definition) is 6. The van der Waals surface area contributed by atoms with Gasteiger partial charge in [0.05, 0.1) is 17.0 Å². The zero-order valence-electron chi connectivity index (χ0n) is 29.1. The summed E-state index contributed by atoms with van der Waals surface area (Å²) in [7, 11) is 0. The molecule has 1 unspecified atom stereocenters. The third-order valence-corrected chi connectivity index (χ3v) is 11.5. The summed E-state index contributed by atoms with van der Waals surface area (Å²) in [5.74, 6) is -0.370. The van der Waals surface area contributed by atoms with E-state index in [1.165, 1.54) is 37.5 Å². The van der Waals surface area contributed by atoms with Crippen molar-refractivity contribution in [3.05, 3.63) is 89.4 Å². The van der Waals surface area contributed by atoms with Crippen LogP contribution in [0.2, 0.25) is 0 Å². The zero-order valence-corrected chi connectivity index (χ0v) is 29.1. The maximum absolute atomic E-state index is 15.3. The van der Waals surface area contributed by atoms with E-state index in [1.54, 1.807) is 42.6 Å². The van der Waals surface area contributed by atoms with Crippen molar-refractivity contribution in [2.24, 2.45) is 23.2 Å². The molecule has 0 saturated heterocycles. The zero-order chi connectivity index (χ0) is 36.8. The average Bonchev–Trinajstić information content (AvgIpc) is 3.97. The molecule has 6 N–H and O–H groups in total. The van der Waals surface area contributed by atoms with Crippen LogP contribution in [0.25, 0.3) is 33.7 Å². The van der Waals surface area contributed by atoms with Crippen LogP contribution in [0.4, 0.5) is 10.1 Å². The van der Waals surface area contributed by atoms with Gasteiger partial charge in [-0.15, -0.1) is 10.2 Å². The lowest BCUT2D eigenvalue weighted by Gasteiger charge is -2.56. The molecule has 15 nitrogen and oxygen atoms in total. The minimum atomic E-state index is -1.16. The highest BCUT2D eigenvalue weighted by Crippen LogP contribution is 2.59. The molecule has 4 aliphatic rings. The number of nitrogens with one attached hydrogen (secondary N) is 6. The first-order valence-electron chi connectivity index (χ1n) is 18.2. The van der Waals surface area contributed by atoms with Crippen LogP contribution in [0.15, 0.2) is 66.9 Å². The van der Waals surface area contributed by atoms with Gasteiger partial charge in [-0.25, -0.2) is 14.6 Å². The van der Waals surface area contributed by atoms with E-state index in [-0.39, 0.29) is 34.6 Å². The number of amides is 3. The predicted molar refractivity (Wildman–Crippen MR) is 194 cm³/mol. The number of aromatic amines is 3. The molecule has 3 heterocycles. The standard InChI is InChI=1S/C38H37FN12O3/c39-31-4-2-1-3-27(31)30(37(54)43-26-11-24(33-44-48-49-45-33)10-25(12-26)34-46-50-51-47-34)18-41-35(52)29-14-32-23(5-6-40-32)13-28(29)36(53)42-19-38-15-20-7-21(16-38)9-22(8-20)17-38/h1-6,10-14,20-22,30,40H,7-9,15-19H2,(H,41,52)(H,42,53)(H,43,54)(H,44,45,48,49)(H,46,47,50,51). The lowest BCUT2D eigenvalue weighted by molar-refractivity contribution is -0.117. The summed E-state index contributed by atoms with van der Waals surface area (Å²) >= 11 is 0. The van der Waals surface area contributed by atoms with E-state index in [1.807, 2.05) is 6.07 Å². The number of fused-ring (bicyclic) bond motifs is 1. The van der Waals surface area contributed by atoms with E-state index in [0.717, 1.165) is 42.4 Å². The molecule has 4 bridgehead atoms. The maximum atomic E-state index is 15.3. The molecule has 0 spiro atoms. The fraction of sp³-hybridized carbons (Fsp3) is 0.342. The van der Waals surface area contributed by atoms with Crippen LogP contribution in [0, 0.1) is 29.0 Å². The minimum Gasteiger partial charge on any atom is -0.361 e. The number of benzene rings is 3. The number of anilines is 1. The first-order valence-corrected chi connectivity index (χ1v) is 18.2. The molecule has 274 valence electrons. The van der Waals surface area contributed by atoms with E-state index in [9.17, 15) is 14.4 Å². The van der Waals surface area contributed by atoms with Crippen LogP contribution in [0.1, 0.15) is 70.7 Å².